The van der Waals surface area contributed by atoms with Gasteiger partial charge in [0, 0.05) is 30.3 Å². The van der Waals surface area contributed by atoms with Crippen LogP contribution in [0, 0.1) is 0 Å². The Balaban J connectivity index is 1.83. The molecule has 2 heterocycles. The van der Waals surface area contributed by atoms with Gasteiger partial charge in [-0.2, -0.15) is 0 Å². The number of hydrogen-bond donors (Lipinski definition) is 0. The number of esters is 1. The number of amides is 1. The number of thiophene rings is 1. The van der Waals surface area contributed by atoms with Gasteiger partial charge in [0.25, 0.3) is 0 Å². The second kappa shape index (κ2) is 9.28. The van der Waals surface area contributed by atoms with Crippen molar-refractivity contribution in [2.24, 2.45) is 0 Å². The van der Waals surface area contributed by atoms with Crippen molar-refractivity contribution in [3.63, 3.8) is 0 Å². The molecule has 6 heteroatoms. The van der Waals surface area contributed by atoms with Gasteiger partial charge in [0.05, 0.1) is 10.9 Å². The van der Waals surface area contributed by atoms with Crippen LogP contribution in [0.15, 0.2) is 12.1 Å². The number of aryl methyl sites for hydroxylation is 1. The lowest BCUT2D eigenvalue weighted by molar-refractivity contribution is -0.144. The number of piperidine rings is 1. The summed E-state index contributed by atoms with van der Waals surface area (Å²) in [6.45, 7) is 3.03. The molecule has 1 fully saturated rings. The molecule has 0 bridgehead atoms. The highest BCUT2D eigenvalue weighted by Gasteiger charge is 2.26. The first-order valence-corrected chi connectivity index (χ1v) is 9.49. The third kappa shape index (κ3) is 5.81. The Hall–Kier alpha value is -1.07. The highest BCUT2D eigenvalue weighted by atomic mass is 35.5. The third-order valence-corrected chi connectivity index (χ3v) is 5.44. The van der Waals surface area contributed by atoms with Gasteiger partial charge in [-0.05, 0) is 51.2 Å². The Morgan fingerprint density at radius 3 is 2.87 bits per heavy atom. The molecule has 1 amide bonds. The molecule has 4 nitrogen and oxygen atoms in total. The van der Waals surface area contributed by atoms with Gasteiger partial charge in [-0.25, -0.2) is 0 Å². The van der Waals surface area contributed by atoms with Gasteiger partial charge in [-0.15, -0.1) is 11.3 Å². The lowest BCUT2D eigenvalue weighted by Gasteiger charge is -2.36. The lowest BCUT2D eigenvalue weighted by atomic mass is 9.97. The molecule has 1 atom stereocenters. The van der Waals surface area contributed by atoms with E-state index >= 15 is 0 Å². The SMILES string of the molecule is CCOC(=O)CC[C@H]1CCCCN1C(=O)CCc1ccc(Cl)s1. The van der Waals surface area contributed by atoms with E-state index < -0.39 is 0 Å². The first-order chi connectivity index (χ1) is 11.1. The van der Waals surface area contributed by atoms with Crippen LogP contribution in [0.4, 0.5) is 0 Å². The Bertz CT molecular complexity index is 532. The van der Waals surface area contributed by atoms with E-state index in [1.807, 2.05) is 24.0 Å². The van der Waals surface area contributed by atoms with Crippen molar-refractivity contribution < 1.29 is 14.3 Å². The Kier molecular flexibility index (Phi) is 7.37. The van der Waals surface area contributed by atoms with Gasteiger partial charge in [0.2, 0.25) is 5.91 Å². The average Bonchev–Trinajstić information content (AvgIpc) is 2.97. The minimum Gasteiger partial charge on any atom is -0.466 e. The molecule has 1 aliphatic heterocycles. The molecule has 0 aromatic carbocycles. The van der Waals surface area contributed by atoms with E-state index in [-0.39, 0.29) is 17.9 Å². The lowest BCUT2D eigenvalue weighted by Crippen LogP contribution is -2.44. The van der Waals surface area contributed by atoms with Crippen molar-refractivity contribution >= 4 is 34.8 Å². The van der Waals surface area contributed by atoms with Crippen LogP contribution >= 0.6 is 22.9 Å². The molecule has 2 rings (SSSR count). The van der Waals surface area contributed by atoms with Crippen molar-refractivity contribution in [2.75, 3.05) is 13.2 Å². The summed E-state index contributed by atoms with van der Waals surface area (Å²) in [7, 11) is 0. The standard InChI is InChI=1S/C17H24ClNO3S/c1-2-22-17(21)11-6-13-5-3-4-12-19(13)16(20)10-8-14-7-9-15(18)23-14/h7,9,13H,2-6,8,10-12H2,1H3/t13-/m1/s1. The van der Waals surface area contributed by atoms with Crippen molar-refractivity contribution in [1.82, 2.24) is 4.90 Å². The Morgan fingerprint density at radius 1 is 1.35 bits per heavy atom. The van der Waals surface area contributed by atoms with E-state index in [0.29, 0.717) is 25.9 Å². The number of ether oxygens (including phenoxy) is 1. The van der Waals surface area contributed by atoms with Crippen LogP contribution in [0.1, 0.15) is 50.3 Å². The van der Waals surface area contributed by atoms with Gasteiger partial charge in [-0.3, -0.25) is 9.59 Å². The molecule has 0 N–H and O–H groups in total. The Morgan fingerprint density at radius 2 is 2.17 bits per heavy atom. The second-order valence-electron chi connectivity index (χ2n) is 5.79. The normalized spacial score (nSPS) is 18.0. The minimum absolute atomic E-state index is 0.168. The van der Waals surface area contributed by atoms with E-state index in [1.165, 1.54) is 11.3 Å². The van der Waals surface area contributed by atoms with Crippen molar-refractivity contribution in [2.45, 2.75) is 57.9 Å². The van der Waals surface area contributed by atoms with Crippen LogP contribution in [-0.2, 0) is 20.7 Å². The number of likely N-dealkylation sites (tertiary alicyclic amines) is 1. The number of carbonyl (C=O) groups excluding carboxylic acids is 2. The summed E-state index contributed by atoms with van der Waals surface area (Å²) < 4.78 is 5.74. The maximum absolute atomic E-state index is 12.5. The van der Waals surface area contributed by atoms with Gasteiger partial charge in [0.1, 0.15) is 0 Å². The third-order valence-electron chi connectivity index (χ3n) is 4.15. The number of halogens is 1. The zero-order valence-corrected chi connectivity index (χ0v) is 15.1. The molecular formula is C17H24ClNO3S. The molecule has 1 aliphatic rings. The molecule has 1 saturated heterocycles. The van der Waals surface area contributed by atoms with E-state index in [4.69, 9.17) is 16.3 Å². The fourth-order valence-corrected chi connectivity index (χ4v) is 4.09. The average molecular weight is 358 g/mol. The van der Waals surface area contributed by atoms with Crippen molar-refractivity contribution in [1.29, 1.82) is 0 Å². The number of nitrogens with zero attached hydrogens (tertiary/aromatic N) is 1. The van der Waals surface area contributed by atoms with Crippen molar-refractivity contribution in [3.05, 3.63) is 21.3 Å². The summed E-state index contributed by atoms with van der Waals surface area (Å²) >= 11 is 7.45. The maximum atomic E-state index is 12.5. The molecular weight excluding hydrogens is 334 g/mol. The molecule has 1 aromatic heterocycles. The fourth-order valence-electron chi connectivity index (χ4n) is 3.01. The highest BCUT2D eigenvalue weighted by molar-refractivity contribution is 7.16. The van der Waals surface area contributed by atoms with Crippen LogP contribution in [0.25, 0.3) is 0 Å². The zero-order valence-electron chi connectivity index (χ0n) is 13.6. The predicted molar refractivity (Wildman–Crippen MR) is 92.9 cm³/mol. The molecule has 1 aromatic rings. The largest absolute Gasteiger partial charge is 0.466 e. The first-order valence-electron chi connectivity index (χ1n) is 8.29. The van der Waals surface area contributed by atoms with E-state index in [1.54, 1.807) is 0 Å². The monoisotopic (exact) mass is 357 g/mol. The molecule has 0 unspecified atom stereocenters. The predicted octanol–water partition coefficient (Wildman–Crippen LogP) is 4.06. The quantitative estimate of drug-likeness (QED) is 0.691. The summed E-state index contributed by atoms with van der Waals surface area (Å²) in [6, 6.07) is 4.02. The van der Waals surface area contributed by atoms with Crippen molar-refractivity contribution in [3.8, 4) is 0 Å². The van der Waals surface area contributed by atoms with Crippen LogP contribution in [0.2, 0.25) is 4.34 Å². The number of carbonyl (C=O) groups is 2. The maximum Gasteiger partial charge on any atom is 0.305 e. The van der Waals surface area contributed by atoms with E-state index in [2.05, 4.69) is 0 Å². The highest BCUT2D eigenvalue weighted by Crippen LogP contribution is 2.25. The summed E-state index contributed by atoms with van der Waals surface area (Å²) in [4.78, 5) is 27.2. The Labute approximate surface area is 146 Å². The molecule has 23 heavy (non-hydrogen) atoms. The minimum atomic E-state index is -0.168. The van der Waals surface area contributed by atoms with Crippen LogP contribution in [0.5, 0.6) is 0 Å². The smallest absolute Gasteiger partial charge is 0.305 e. The topological polar surface area (TPSA) is 46.6 Å². The van der Waals surface area contributed by atoms with Gasteiger partial charge < -0.3 is 9.64 Å². The van der Waals surface area contributed by atoms with Gasteiger partial charge >= 0.3 is 5.97 Å². The zero-order chi connectivity index (χ0) is 16.7. The van der Waals surface area contributed by atoms with Crippen LogP contribution in [0.3, 0.4) is 0 Å². The molecule has 0 spiro atoms. The number of hydrogen-bond acceptors (Lipinski definition) is 4. The van der Waals surface area contributed by atoms with Crippen LogP contribution < -0.4 is 0 Å². The fraction of sp³-hybridized carbons (Fsp3) is 0.647. The first kappa shape index (κ1) is 18.3. The van der Waals surface area contributed by atoms with Gasteiger partial charge in [0.15, 0.2) is 0 Å². The summed E-state index contributed by atoms with van der Waals surface area (Å²) in [5.41, 5.74) is 0. The molecule has 128 valence electrons. The molecule has 0 saturated carbocycles. The summed E-state index contributed by atoms with van der Waals surface area (Å²) in [5, 5.41) is 0. The van der Waals surface area contributed by atoms with E-state index in [9.17, 15) is 9.59 Å². The van der Waals surface area contributed by atoms with Gasteiger partial charge in [-0.1, -0.05) is 11.6 Å². The summed E-state index contributed by atoms with van der Waals surface area (Å²) in [6.07, 6.45) is 5.49. The van der Waals surface area contributed by atoms with Crippen LogP contribution in [-0.4, -0.2) is 36.0 Å². The molecule has 0 radical (unpaired) electrons. The molecule has 0 aliphatic carbocycles. The summed E-state index contributed by atoms with van der Waals surface area (Å²) in [5.74, 6) is 0.0155. The number of rotatable bonds is 7. The van der Waals surface area contributed by atoms with E-state index in [0.717, 1.165) is 41.4 Å². The second-order valence-corrected chi connectivity index (χ2v) is 7.59.